The zero-order valence-electron chi connectivity index (χ0n) is 9.78. The minimum Gasteiger partial charge on any atom is -0.272 e. The zero-order valence-corrected chi connectivity index (χ0v) is 9.78. The Morgan fingerprint density at radius 2 is 1.56 bits per heavy atom. The summed E-state index contributed by atoms with van der Waals surface area (Å²) in [6.45, 7) is 0. The van der Waals surface area contributed by atoms with Gasteiger partial charge < -0.3 is 0 Å². The van der Waals surface area contributed by atoms with Crippen molar-refractivity contribution in [3.05, 3.63) is 0 Å². The summed E-state index contributed by atoms with van der Waals surface area (Å²) in [6, 6.07) is 0. The highest BCUT2D eigenvalue weighted by molar-refractivity contribution is 5.96. The lowest BCUT2D eigenvalue weighted by atomic mass is 9.76. The van der Waals surface area contributed by atoms with Crippen molar-refractivity contribution in [2.45, 2.75) is 44.9 Å². The van der Waals surface area contributed by atoms with E-state index >= 15 is 0 Å². The number of hydrogen-bond acceptors (Lipinski definition) is 3. The maximum Gasteiger partial charge on any atom is 0.253 e. The SMILES string of the molecule is CON1C(=O)CC(C2CCCCC2)CC1=O. The molecule has 0 spiro atoms. The van der Waals surface area contributed by atoms with Gasteiger partial charge in [0.2, 0.25) is 0 Å². The van der Waals surface area contributed by atoms with E-state index in [1.165, 1.54) is 39.2 Å². The number of rotatable bonds is 2. The van der Waals surface area contributed by atoms with Crippen molar-refractivity contribution in [2.24, 2.45) is 11.8 Å². The highest BCUT2D eigenvalue weighted by Crippen LogP contribution is 2.36. The summed E-state index contributed by atoms with van der Waals surface area (Å²) in [4.78, 5) is 28.1. The molecule has 0 unspecified atom stereocenters. The quantitative estimate of drug-likeness (QED) is 0.674. The first kappa shape index (κ1) is 11.6. The van der Waals surface area contributed by atoms with Gasteiger partial charge in [0.15, 0.2) is 0 Å². The molecule has 1 saturated carbocycles. The Hall–Kier alpha value is -0.900. The van der Waals surface area contributed by atoms with Crippen molar-refractivity contribution in [1.82, 2.24) is 5.06 Å². The summed E-state index contributed by atoms with van der Waals surface area (Å²) in [7, 11) is 1.37. The fourth-order valence-electron chi connectivity index (χ4n) is 2.97. The van der Waals surface area contributed by atoms with Crippen molar-refractivity contribution in [2.75, 3.05) is 7.11 Å². The molecular formula is C12H19NO3. The van der Waals surface area contributed by atoms with Gasteiger partial charge in [-0.1, -0.05) is 32.1 Å². The number of hydrogen-bond donors (Lipinski definition) is 0. The Balaban J connectivity index is 1.98. The van der Waals surface area contributed by atoms with E-state index in [4.69, 9.17) is 4.84 Å². The largest absolute Gasteiger partial charge is 0.272 e. The first-order valence-corrected chi connectivity index (χ1v) is 6.12. The van der Waals surface area contributed by atoms with Gasteiger partial charge in [-0.2, -0.15) is 5.06 Å². The normalized spacial score (nSPS) is 25.2. The average molecular weight is 225 g/mol. The van der Waals surface area contributed by atoms with Crippen molar-refractivity contribution < 1.29 is 14.4 Å². The summed E-state index contributed by atoms with van der Waals surface area (Å²) in [5.74, 6) is 0.482. The molecule has 0 aromatic heterocycles. The van der Waals surface area contributed by atoms with Crippen molar-refractivity contribution >= 4 is 11.8 Å². The number of carbonyl (C=O) groups excluding carboxylic acids is 2. The van der Waals surface area contributed by atoms with E-state index < -0.39 is 0 Å². The molecular weight excluding hydrogens is 206 g/mol. The summed E-state index contributed by atoms with van der Waals surface area (Å²) < 4.78 is 0. The van der Waals surface area contributed by atoms with Crippen LogP contribution in [-0.4, -0.2) is 24.0 Å². The van der Waals surface area contributed by atoms with Crippen LogP contribution in [0.3, 0.4) is 0 Å². The molecule has 2 amide bonds. The molecule has 2 fully saturated rings. The van der Waals surface area contributed by atoms with Gasteiger partial charge in [0, 0.05) is 12.8 Å². The molecule has 0 bridgehead atoms. The lowest BCUT2D eigenvalue weighted by Gasteiger charge is -2.34. The van der Waals surface area contributed by atoms with Gasteiger partial charge in [0.05, 0.1) is 7.11 Å². The van der Waals surface area contributed by atoms with Crippen LogP contribution in [0.15, 0.2) is 0 Å². The molecule has 4 nitrogen and oxygen atoms in total. The van der Waals surface area contributed by atoms with E-state index in [0.717, 1.165) is 5.06 Å². The summed E-state index contributed by atoms with van der Waals surface area (Å²) >= 11 is 0. The van der Waals surface area contributed by atoms with Crippen LogP contribution in [0.1, 0.15) is 44.9 Å². The predicted molar refractivity (Wildman–Crippen MR) is 58.2 cm³/mol. The second-order valence-corrected chi connectivity index (χ2v) is 4.83. The van der Waals surface area contributed by atoms with Gasteiger partial charge in [-0.05, 0) is 11.8 Å². The Bertz CT molecular complexity index is 266. The van der Waals surface area contributed by atoms with E-state index in [-0.39, 0.29) is 17.7 Å². The molecule has 1 saturated heterocycles. The lowest BCUT2D eigenvalue weighted by molar-refractivity contribution is -0.194. The Morgan fingerprint density at radius 1 is 1.00 bits per heavy atom. The monoisotopic (exact) mass is 225 g/mol. The molecule has 2 rings (SSSR count). The van der Waals surface area contributed by atoms with Crippen LogP contribution in [-0.2, 0) is 14.4 Å². The minimum atomic E-state index is -0.172. The van der Waals surface area contributed by atoms with Crippen molar-refractivity contribution in [3.8, 4) is 0 Å². The number of piperidine rings is 1. The van der Waals surface area contributed by atoms with Crippen LogP contribution in [0.2, 0.25) is 0 Å². The van der Waals surface area contributed by atoms with Gasteiger partial charge in [-0.15, -0.1) is 0 Å². The maximum atomic E-state index is 11.7. The fraction of sp³-hybridized carbons (Fsp3) is 0.833. The maximum absolute atomic E-state index is 11.7. The highest BCUT2D eigenvalue weighted by atomic mass is 16.7. The summed E-state index contributed by atoms with van der Waals surface area (Å²) in [5.41, 5.74) is 0. The number of nitrogens with zero attached hydrogens (tertiary/aromatic N) is 1. The lowest BCUT2D eigenvalue weighted by Crippen LogP contribution is -2.44. The fourth-order valence-corrected chi connectivity index (χ4v) is 2.97. The van der Waals surface area contributed by atoms with Crippen molar-refractivity contribution in [1.29, 1.82) is 0 Å². The molecule has 16 heavy (non-hydrogen) atoms. The molecule has 2 aliphatic rings. The molecule has 0 radical (unpaired) electrons. The van der Waals surface area contributed by atoms with Crippen LogP contribution >= 0.6 is 0 Å². The standard InChI is InChI=1S/C12H19NO3/c1-16-13-11(14)7-10(8-12(13)15)9-5-3-2-4-6-9/h9-10H,2-8H2,1H3. The van der Waals surface area contributed by atoms with Gasteiger partial charge in [-0.3, -0.25) is 14.4 Å². The van der Waals surface area contributed by atoms with Crippen LogP contribution in [0.4, 0.5) is 0 Å². The van der Waals surface area contributed by atoms with Gasteiger partial charge in [0.25, 0.3) is 11.8 Å². The molecule has 1 aliphatic heterocycles. The topological polar surface area (TPSA) is 46.6 Å². The summed E-state index contributed by atoms with van der Waals surface area (Å²) in [5, 5.41) is 0.916. The predicted octanol–water partition coefficient (Wildman–Crippen LogP) is 1.89. The van der Waals surface area contributed by atoms with E-state index in [1.807, 2.05) is 0 Å². The average Bonchev–Trinajstić information content (AvgIpc) is 2.30. The second-order valence-electron chi connectivity index (χ2n) is 4.83. The smallest absolute Gasteiger partial charge is 0.253 e. The van der Waals surface area contributed by atoms with E-state index in [1.54, 1.807) is 0 Å². The Kier molecular flexibility index (Phi) is 3.59. The summed E-state index contributed by atoms with van der Waals surface area (Å²) in [6.07, 6.45) is 7.11. The highest BCUT2D eigenvalue weighted by Gasteiger charge is 2.37. The van der Waals surface area contributed by atoms with Crippen LogP contribution in [0, 0.1) is 11.8 Å². The number of amides is 2. The third-order valence-corrected chi connectivity index (χ3v) is 3.83. The number of hydroxylamine groups is 2. The molecule has 0 aromatic carbocycles. The molecule has 90 valence electrons. The van der Waals surface area contributed by atoms with Crippen LogP contribution in [0.5, 0.6) is 0 Å². The first-order valence-electron chi connectivity index (χ1n) is 6.12. The third kappa shape index (κ3) is 2.26. The molecule has 0 atom stereocenters. The Labute approximate surface area is 95.9 Å². The first-order chi connectivity index (χ1) is 7.72. The number of imide groups is 1. The second kappa shape index (κ2) is 4.95. The molecule has 0 N–H and O–H groups in total. The van der Waals surface area contributed by atoms with E-state index in [9.17, 15) is 9.59 Å². The van der Waals surface area contributed by atoms with Crippen LogP contribution < -0.4 is 0 Å². The molecule has 0 aromatic rings. The van der Waals surface area contributed by atoms with Gasteiger partial charge in [0.1, 0.15) is 0 Å². The molecule has 1 aliphatic carbocycles. The third-order valence-electron chi connectivity index (χ3n) is 3.83. The van der Waals surface area contributed by atoms with Crippen LogP contribution in [0.25, 0.3) is 0 Å². The van der Waals surface area contributed by atoms with Crippen molar-refractivity contribution in [3.63, 3.8) is 0 Å². The van der Waals surface area contributed by atoms with Gasteiger partial charge >= 0.3 is 0 Å². The molecule has 1 heterocycles. The molecule has 4 heteroatoms. The van der Waals surface area contributed by atoms with E-state index in [0.29, 0.717) is 18.8 Å². The van der Waals surface area contributed by atoms with E-state index in [2.05, 4.69) is 0 Å². The van der Waals surface area contributed by atoms with Gasteiger partial charge in [-0.25, -0.2) is 0 Å². The minimum absolute atomic E-state index is 0.172. The zero-order chi connectivity index (χ0) is 11.5. The number of carbonyl (C=O) groups is 2. The Morgan fingerprint density at radius 3 is 2.06 bits per heavy atom.